The first-order chi connectivity index (χ1) is 28.3. The maximum Gasteiger partial charge on any atom is 0.326 e. The van der Waals surface area contributed by atoms with Crippen molar-refractivity contribution in [2.45, 2.75) is 38.1 Å². The molecular weight excluding hydrogens is 735 g/mol. The summed E-state index contributed by atoms with van der Waals surface area (Å²) >= 11 is 0. The van der Waals surface area contributed by atoms with E-state index in [2.05, 4.69) is 65.2 Å². The van der Waals surface area contributed by atoms with Crippen molar-refractivity contribution in [3.8, 4) is 23.7 Å². The number of amides is 6. The highest BCUT2D eigenvalue weighted by molar-refractivity contribution is 6.14. The van der Waals surface area contributed by atoms with E-state index in [1.165, 1.54) is 12.8 Å². The number of nitrogens with one attached hydrogen (secondary N) is 5. The lowest BCUT2D eigenvalue weighted by molar-refractivity contribution is -0.116. The summed E-state index contributed by atoms with van der Waals surface area (Å²) in [5.41, 5.74) is 6.97. The fraction of sp³-hybridized carbons (Fsp3) is 0.163. The van der Waals surface area contributed by atoms with E-state index >= 15 is 0 Å². The first-order valence-electron chi connectivity index (χ1n) is 18.6. The van der Waals surface area contributed by atoms with Crippen LogP contribution >= 0.6 is 0 Å². The van der Waals surface area contributed by atoms with Gasteiger partial charge in [0.2, 0.25) is 0 Å². The molecule has 15 nitrogen and oxygen atoms in total. The summed E-state index contributed by atoms with van der Waals surface area (Å²) in [6.45, 7) is 0. The Morgan fingerprint density at radius 1 is 0.638 bits per heavy atom. The molecule has 0 bridgehead atoms. The molecule has 4 aromatic heterocycles. The third-order valence-electron chi connectivity index (χ3n) is 9.45. The first kappa shape index (κ1) is 35.6. The van der Waals surface area contributed by atoms with E-state index in [1.807, 2.05) is 75.7 Å². The number of nitrogens with zero attached hydrogens (tertiary/aromatic N) is 6. The standard InChI is InChI=1S/C22H17N5O2.C21H16N6O2/c28-21-19(25-22(29)26-21)11-17-12-23-20-18(10-15-6-7-15)24-16(13-27(17)20)9-8-14-4-2-1-3-5-14;28-20-17(25-21(29)26-20)10-16-11-22-19-18(23-14-8-9-14)24-15(12-27(16)19)7-6-13-4-2-1-3-5-13/h1-5,11-13,15H,6-7,10H2,(H2,25,26,28,29);1-5,10-12,14H,8-9H2,(H,23,24)(H2,25,26,28,29)/b19-11-;17-10-. The Morgan fingerprint density at radius 3 is 1.66 bits per heavy atom. The van der Waals surface area contributed by atoms with Crippen LogP contribution < -0.4 is 26.6 Å². The second-order valence-electron chi connectivity index (χ2n) is 14.0. The largest absolute Gasteiger partial charge is 0.364 e. The minimum atomic E-state index is -0.540. The van der Waals surface area contributed by atoms with Crippen LogP contribution in [0.15, 0.2) is 96.8 Å². The zero-order valence-corrected chi connectivity index (χ0v) is 30.7. The van der Waals surface area contributed by atoms with Crippen LogP contribution in [0.5, 0.6) is 0 Å². The van der Waals surface area contributed by atoms with Crippen LogP contribution in [0, 0.1) is 29.6 Å². The van der Waals surface area contributed by atoms with E-state index in [1.54, 1.807) is 30.7 Å². The van der Waals surface area contributed by atoms with Crippen LogP contribution in [0.2, 0.25) is 0 Å². The van der Waals surface area contributed by atoms with Crippen LogP contribution in [0.25, 0.3) is 23.4 Å². The van der Waals surface area contributed by atoms with E-state index in [0.29, 0.717) is 46.2 Å². The van der Waals surface area contributed by atoms with Crippen molar-refractivity contribution in [3.05, 3.63) is 136 Å². The molecule has 2 saturated heterocycles. The third kappa shape index (κ3) is 8.14. The molecule has 2 aromatic carbocycles. The van der Waals surface area contributed by atoms with Crippen molar-refractivity contribution in [1.82, 2.24) is 50.0 Å². The Balaban J connectivity index is 0.000000150. The molecule has 0 radical (unpaired) electrons. The van der Waals surface area contributed by atoms with Gasteiger partial charge in [-0.25, -0.2) is 29.5 Å². The van der Waals surface area contributed by atoms with Gasteiger partial charge in [0.25, 0.3) is 11.8 Å². The molecule has 58 heavy (non-hydrogen) atoms. The highest BCUT2D eigenvalue weighted by Gasteiger charge is 2.27. The van der Waals surface area contributed by atoms with Gasteiger partial charge in [0, 0.05) is 29.6 Å². The lowest BCUT2D eigenvalue weighted by Crippen LogP contribution is -2.22. The van der Waals surface area contributed by atoms with Gasteiger partial charge in [-0.15, -0.1) is 0 Å². The second-order valence-corrected chi connectivity index (χ2v) is 14.0. The van der Waals surface area contributed by atoms with Crippen LogP contribution in [0.3, 0.4) is 0 Å². The average Bonchev–Trinajstić information content (AvgIpc) is 4.08. The number of anilines is 1. The quantitative estimate of drug-likeness (QED) is 0.0943. The van der Waals surface area contributed by atoms with E-state index in [9.17, 15) is 19.2 Å². The van der Waals surface area contributed by atoms with Crippen molar-refractivity contribution < 1.29 is 19.2 Å². The van der Waals surface area contributed by atoms with Crippen molar-refractivity contribution in [2.75, 3.05) is 5.32 Å². The highest BCUT2D eigenvalue weighted by Crippen LogP contribution is 2.33. The van der Waals surface area contributed by atoms with Crippen LogP contribution in [-0.2, 0) is 16.0 Å². The Bertz CT molecular complexity index is 2650. The van der Waals surface area contributed by atoms with Crippen LogP contribution in [-0.4, -0.2) is 58.7 Å². The molecule has 0 spiro atoms. The number of fused-ring (bicyclic) bond motifs is 2. The number of aromatic nitrogens is 6. The van der Waals surface area contributed by atoms with Gasteiger partial charge in [-0.1, -0.05) is 48.2 Å². The Labute approximate surface area is 331 Å². The minimum absolute atomic E-state index is 0.169. The molecule has 2 saturated carbocycles. The van der Waals surface area contributed by atoms with Crippen LogP contribution in [0.1, 0.15) is 65.3 Å². The molecule has 4 fully saturated rings. The highest BCUT2D eigenvalue weighted by atomic mass is 16.2. The van der Waals surface area contributed by atoms with Gasteiger partial charge in [-0.2, -0.15) is 0 Å². The molecule has 10 rings (SSSR count). The molecule has 4 aliphatic rings. The normalized spacial score (nSPS) is 17.1. The van der Waals surface area contributed by atoms with Gasteiger partial charge in [-0.05, 0) is 86.3 Å². The van der Waals surface area contributed by atoms with Gasteiger partial charge >= 0.3 is 12.1 Å². The summed E-state index contributed by atoms with van der Waals surface area (Å²) in [4.78, 5) is 64.8. The predicted octanol–water partition coefficient (Wildman–Crippen LogP) is 4.15. The number of hydrogen-bond acceptors (Lipinski definition) is 9. The van der Waals surface area contributed by atoms with Crippen molar-refractivity contribution in [2.24, 2.45) is 5.92 Å². The molecule has 0 unspecified atom stereocenters. The zero-order valence-electron chi connectivity index (χ0n) is 30.7. The van der Waals surface area contributed by atoms with Gasteiger partial charge in [0.1, 0.15) is 22.8 Å². The van der Waals surface area contributed by atoms with E-state index in [0.717, 1.165) is 41.7 Å². The Kier molecular flexibility index (Phi) is 9.37. The number of benzene rings is 2. The third-order valence-corrected chi connectivity index (χ3v) is 9.45. The van der Waals surface area contributed by atoms with Crippen LogP contribution in [0.4, 0.5) is 15.4 Å². The lowest BCUT2D eigenvalue weighted by atomic mass is 10.2. The topological polar surface area (TPSA) is 189 Å². The number of urea groups is 2. The number of hydrogen-bond donors (Lipinski definition) is 5. The monoisotopic (exact) mass is 767 g/mol. The smallest absolute Gasteiger partial charge is 0.326 e. The maximum atomic E-state index is 11.9. The molecule has 284 valence electrons. The molecular formula is C43H33N11O4. The van der Waals surface area contributed by atoms with E-state index < -0.39 is 23.9 Å². The predicted molar refractivity (Wildman–Crippen MR) is 213 cm³/mol. The Hall–Kier alpha value is -8.04. The van der Waals surface area contributed by atoms with Crippen molar-refractivity contribution in [3.63, 3.8) is 0 Å². The number of imidazole rings is 2. The van der Waals surface area contributed by atoms with Gasteiger partial charge in [-0.3, -0.25) is 29.0 Å². The summed E-state index contributed by atoms with van der Waals surface area (Å²) in [5.74, 6) is 12.8. The summed E-state index contributed by atoms with van der Waals surface area (Å²) in [6, 6.07) is 18.7. The van der Waals surface area contributed by atoms with Gasteiger partial charge in [0.15, 0.2) is 17.1 Å². The molecule has 5 N–H and O–H groups in total. The minimum Gasteiger partial charge on any atom is -0.364 e. The molecule has 15 heteroatoms. The van der Waals surface area contributed by atoms with Gasteiger partial charge < -0.3 is 16.0 Å². The Morgan fingerprint density at radius 2 is 1.16 bits per heavy atom. The zero-order chi connectivity index (χ0) is 39.6. The fourth-order valence-corrected chi connectivity index (χ4v) is 6.24. The number of carbonyl (C=O) groups excluding carboxylic acids is 4. The molecule has 2 aliphatic heterocycles. The maximum absolute atomic E-state index is 11.9. The van der Waals surface area contributed by atoms with E-state index in [-0.39, 0.29) is 11.4 Å². The summed E-state index contributed by atoms with van der Waals surface area (Å²) in [7, 11) is 0. The summed E-state index contributed by atoms with van der Waals surface area (Å²) in [6.07, 6.45) is 15.5. The lowest BCUT2D eigenvalue weighted by Gasteiger charge is -2.07. The first-order valence-corrected chi connectivity index (χ1v) is 18.6. The summed E-state index contributed by atoms with van der Waals surface area (Å²) < 4.78 is 3.70. The fourth-order valence-electron chi connectivity index (χ4n) is 6.24. The van der Waals surface area contributed by atoms with E-state index in [4.69, 9.17) is 4.98 Å². The van der Waals surface area contributed by atoms with Gasteiger partial charge in [0.05, 0.1) is 29.5 Å². The number of rotatable bonds is 6. The molecule has 6 amide bonds. The second kappa shape index (κ2) is 15.2. The number of carbonyl (C=O) groups is 4. The summed E-state index contributed by atoms with van der Waals surface area (Å²) in [5, 5.41) is 12.8. The molecule has 0 atom stereocenters. The molecule has 6 heterocycles. The number of imide groups is 2. The van der Waals surface area contributed by atoms with Crippen molar-refractivity contribution >= 4 is 53.1 Å². The molecule has 6 aromatic rings. The molecule has 2 aliphatic carbocycles. The average molecular weight is 768 g/mol. The SMILES string of the molecule is O=C1NC(=O)/C(=C/c2cnc3c(CC4CC4)nc(C#Cc4ccccc4)cn23)N1.O=C1NC(=O)/C(=C/c2cnc3c(NC4CC4)nc(C#Cc4ccccc4)cn23)N1. The van der Waals surface area contributed by atoms with Crippen molar-refractivity contribution in [1.29, 1.82) is 0 Å².